The fourth-order valence-electron chi connectivity index (χ4n) is 2.28. The van der Waals surface area contributed by atoms with E-state index < -0.39 is 18.2 Å². The molecule has 35 heavy (non-hydrogen) atoms. The molecule has 0 saturated carbocycles. The Morgan fingerprint density at radius 3 is 1.74 bits per heavy atom. The van der Waals surface area contributed by atoms with E-state index >= 15 is 0 Å². The number of allylic oxidation sites excluding steroid dienone is 4. The normalized spacial score (nSPS) is 12.1. The SMILES string of the molecule is C1=CSSC1.CCCCC/C=C\C/C=C\CCCCCCCC(=O)O.O=C(O)C(O)O.OCCO. The number of aliphatic hydroxyl groups is 4. The number of rotatable bonds is 16. The second-order valence-corrected chi connectivity index (χ2v) is 9.60. The predicted molar refractivity (Wildman–Crippen MR) is 146 cm³/mol. The zero-order valence-electron chi connectivity index (χ0n) is 21.0. The van der Waals surface area contributed by atoms with E-state index in [2.05, 4.69) is 42.7 Å². The summed E-state index contributed by atoms with van der Waals surface area (Å²) >= 11 is 0. The van der Waals surface area contributed by atoms with E-state index in [0.717, 1.165) is 25.7 Å². The quantitative estimate of drug-likeness (QED) is 0.0674. The van der Waals surface area contributed by atoms with Gasteiger partial charge in [0.2, 0.25) is 0 Å². The largest absolute Gasteiger partial charge is 0.481 e. The van der Waals surface area contributed by atoms with Gasteiger partial charge in [0.1, 0.15) is 0 Å². The Bertz CT molecular complexity index is 530. The first-order valence-corrected chi connectivity index (χ1v) is 14.5. The van der Waals surface area contributed by atoms with Gasteiger partial charge in [0, 0.05) is 12.2 Å². The van der Waals surface area contributed by atoms with Crippen LogP contribution in [0, 0.1) is 0 Å². The maximum atomic E-state index is 10.3. The van der Waals surface area contributed by atoms with E-state index in [1.165, 1.54) is 50.7 Å². The third-order valence-electron chi connectivity index (χ3n) is 4.05. The lowest BCUT2D eigenvalue weighted by atomic mass is 10.1. The van der Waals surface area contributed by atoms with Gasteiger partial charge in [-0.3, -0.25) is 4.79 Å². The molecule has 0 aliphatic carbocycles. The molecule has 206 valence electrons. The molecule has 0 radical (unpaired) electrons. The van der Waals surface area contributed by atoms with Gasteiger partial charge in [-0.2, -0.15) is 0 Å². The van der Waals surface area contributed by atoms with Gasteiger partial charge in [0.25, 0.3) is 6.29 Å². The predicted octanol–water partition coefficient (Wildman–Crippen LogP) is 5.13. The summed E-state index contributed by atoms with van der Waals surface area (Å²) in [5.41, 5.74) is 0. The molecule has 0 aromatic heterocycles. The Labute approximate surface area is 218 Å². The minimum Gasteiger partial charge on any atom is -0.481 e. The summed E-state index contributed by atoms with van der Waals surface area (Å²) in [6.07, 6.45) is 22.2. The van der Waals surface area contributed by atoms with Crippen LogP contribution in [0.2, 0.25) is 0 Å². The van der Waals surface area contributed by atoms with Gasteiger partial charge >= 0.3 is 11.9 Å². The van der Waals surface area contributed by atoms with Crippen LogP contribution < -0.4 is 0 Å². The van der Waals surface area contributed by atoms with Crippen molar-refractivity contribution < 1.29 is 40.2 Å². The summed E-state index contributed by atoms with van der Waals surface area (Å²) in [5, 5.41) is 48.5. The number of unbranched alkanes of at least 4 members (excludes halogenated alkanes) is 8. The summed E-state index contributed by atoms with van der Waals surface area (Å²) in [7, 11) is 3.69. The van der Waals surface area contributed by atoms with Crippen LogP contribution in [0.1, 0.15) is 84.0 Å². The molecule has 0 spiro atoms. The van der Waals surface area contributed by atoms with Crippen LogP contribution in [0.4, 0.5) is 0 Å². The molecule has 0 bridgehead atoms. The number of aliphatic hydroxyl groups excluding tert-OH is 3. The first-order chi connectivity index (χ1) is 16.8. The zero-order chi connectivity index (χ0) is 27.0. The second-order valence-electron chi connectivity index (χ2n) is 7.29. The van der Waals surface area contributed by atoms with E-state index in [1.807, 2.05) is 21.6 Å². The Morgan fingerprint density at radius 2 is 1.37 bits per heavy atom. The molecule has 0 aromatic carbocycles. The van der Waals surface area contributed by atoms with Crippen molar-refractivity contribution in [3.05, 3.63) is 35.8 Å². The van der Waals surface area contributed by atoms with Crippen molar-refractivity contribution in [1.82, 2.24) is 0 Å². The topological polar surface area (TPSA) is 156 Å². The van der Waals surface area contributed by atoms with E-state index in [-0.39, 0.29) is 13.2 Å². The highest BCUT2D eigenvalue weighted by molar-refractivity contribution is 8.78. The monoisotopic (exact) mass is 538 g/mol. The molecule has 1 aliphatic rings. The minimum absolute atomic E-state index is 0.125. The highest BCUT2D eigenvalue weighted by Crippen LogP contribution is 2.27. The fourth-order valence-corrected chi connectivity index (χ4v) is 3.86. The van der Waals surface area contributed by atoms with E-state index in [9.17, 15) is 9.59 Å². The number of aliphatic carboxylic acids is 2. The van der Waals surface area contributed by atoms with Gasteiger partial charge in [-0.05, 0) is 43.9 Å². The Kier molecular flexibility index (Phi) is 38.1. The van der Waals surface area contributed by atoms with Crippen molar-refractivity contribution >= 4 is 33.5 Å². The standard InChI is InChI=1S/C18H32O2.C3H4S2.C2H4O4.C2H6O2/c1-2-3-4-5-6-7-8-9-10-11-12-13-14-15-16-17-18(19)20;1-2-4-5-3-1;3-1(4)2(5)6;3-1-2-4/h6-7,9-10H,2-5,8,11-17H2,1H3,(H,19,20);1-2H,3H2;1,3-4H,(H,5,6);3-4H,1-2H2/b7-6-,10-9-;;;. The van der Waals surface area contributed by atoms with Crippen molar-refractivity contribution in [2.24, 2.45) is 0 Å². The number of carboxylic acids is 2. The third kappa shape index (κ3) is 46.7. The van der Waals surface area contributed by atoms with Crippen LogP contribution in [0.5, 0.6) is 0 Å². The van der Waals surface area contributed by atoms with Crippen molar-refractivity contribution in [3.8, 4) is 0 Å². The van der Waals surface area contributed by atoms with E-state index in [1.54, 1.807) is 0 Å². The number of carbonyl (C=O) groups is 2. The lowest BCUT2D eigenvalue weighted by molar-refractivity contribution is -0.165. The number of hydrogen-bond acceptors (Lipinski definition) is 8. The molecule has 0 unspecified atom stereocenters. The smallest absolute Gasteiger partial charge is 0.360 e. The third-order valence-corrected chi connectivity index (χ3v) is 5.96. The van der Waals surface area contributed by atoms with Crippen LogP contribution in [-0.2, 0) is 9.59 Å². The molecule has 10 heteroatoms. The molecule has 1 rings (SSSR count). The Balaban J connectivity index is -0.000000545. The van der Waals surface area contributed by atoms with Gasteiger partial charge in [0.05, 0.1) is 13.2 Å². The first-order valence-electron chi connectivity index (χ1n) is 12.1. The Morgan fingerprint density at radius 1 is 0.857 bits per heavy atom. The molecule has 0 amide bonds. The van der Waals surface area contributed by atoms with Crippen LogP contribution in [0.3, 0.4) is 0 Å². The van der Waals surface area contributed by atoms with Crippen LogP contribution in [0.25, 0.3) is 0 Å². The maximum absolute atomic E-state index is 10.3. The highest BCUT2D eigenvalue weighted by Gasteiger charge is 2.04. The van der Waals surface area contributed by atoms with E-state index in [4.69, 9.17) is 30.6 Å². The molecule has 0 fully saturated rings. The van der Waals surface area contributed by atoms with Crippen LogP contribution in [-0.4, -0.2) is 67.8 Å². The van der Waals surface area contributed by atoms with Crippen molar-refractivity contribution in [3.63, 3.8) is 0 Å². The fraction of sp³-hybridized carbons (Fsp3) is 0.680. The summed E-state index contributed by atoms with van der Waals surface area (Å²) in [5.74, 6) is -1.10. The van der Waals surface area contributed by atoms with Crippen LogP contribution >= 0.6 is 21.6 Å². The molecule has 8 nitrogen and oxygen atoms in total. The summed E-state index contributed by atoms with van der Waals surface area (Å²) in [6, 6.07) is 0. The van der Waals surface area contributed by atoms with Crippen molar-refractivity contribution in [1.29, 1.82) is 0 Å². The van der Waals surface area contributed by atoms with Gasteiger partial charge in [-0.25, -0.2) is 4.79 Å². The average molecular weight is 539 g/mol. The molecular formula is C25H46O8S2. The van der Waals surface area contributed by atoms with Gasteiger partial charge in [0.15, 0.2) is 0 Å². The molecule has 6 N–H and O–H groups in total. The minimum atomic E-state index is -2.23. The summed E-state index contributed by atoms with van der Waals surface area (Å²) in [4.78, 5) is 19.5. The van der Waals surface area contributed by atoms with Gasteiger partial charge in [-0.1, -0.05) is 91.0 Å². The summed E-state index contributed by atoms with van der Waals surface area (Å²) < 4.78 is 0. The Hall–Kier alpha value is -1.30. The maximum Gasteiger partial charge on any atom is 0.360 e. The molecule has 0 atom stereocenters. The van der Waals surface area contributed by atoms with Crippen molar-refractivity contribution in [2.45, 2.75) is 90.3 Å². The average Bonchev–Trinajstić information content (AvgIpc) is 3.42. The number of hydrogen-bond donors (Lipinski definition) is 6. The van der Waals surface area contributed by atoms with Crippen molar-refractivity contribution in [2.75, 3.05) is 19.0 Å². The van der Waals surface area contributed by atoms with Gasteiger partial charge in [-0.15, -0.1) is 0 Å². The number of carboxylic acid groups (broad SMARTS) is 2. The zero-order valence-corrected chi connectivity index (χ0v) is 22.6. The van der Waals surface area contributed by atoms with Gasteiger partial charge < -0.3 is 30.6 Å². The van der Waals surface area contributed by atoms with E-state index in [0.29, 0.717) is 6.42 Å². The van der Waals surface area contributed by atoms with Crippen LogP contribution in [0.15, 0.2) is 35.8 Å². The summed E-state index contributed by atoms with van der Waals surface area (Å²) in [6.45, 7) is 1.98. The first kappa shape index (κ1) is 38.2. The molecule has 0 saturated heterocycles. The second kappa shape index (κ2) is 34.9. The lowest BCUT2D eigenvalue weighted by Crippen LogP contribution is -2.17. The molecule has 0 aromatic rings. The molecule has 1 heterocycles. The highest BCUT2D eigenvalue weighted by atomic mass is 33.1. The molecular weight excluding hydrogens is 492 g/mol. The molecule has 1 aliphatic heterocycles. The lowest BCUT2D eigenvalue weighted by Gasteiger charge is -1.98.